The van der Waals surface area contributed by atoms with E-state index in [1.165, 1.54) is 19.3 Å². The highest BCUT2D eigenvalue weighted by Gasteiger charge is 2.14. The zero-order valence-electron chi connectivity index (χ0n) is 18.6. The van der Waals surface area contributed by atoms with Gasteiger partial charge >= 0.3 is 0 Å². The molecule has 0 fully saturated rings. The minimum Gasteiger partial charge on any atom is -0.494 e. The van der Waals surface area contributed by atoms with Crippen molar-refractivity contribution in [3.05, 3.63) is 90.3 Å². The van der Waals surface area contributed by atoms with Gasteiger partial charge in [0.05, 0.1) is 6.61 Å². The third-order valence-corrected chi connectivity index (χ3v) is 5.35. The molecule has 1 heterocycles. The van der Waals surface area contributed by atoms with E-state index in [1.54, 1.807) is 0 Å². The molecule has 4 heteroatoms. The van der Waals surface area contributed by atoms with E-state index in [4.69, 9.17) is 19.7 Å². The standard InChI is InChI=1S/C28H29N3O/c1-2-3-4-12-21-32-25-19-17-24(18-20-25)28-30-26(22-13-8-5-6-9-14-22)29-27(31-28)23-15-10-7-11-16-23/h5,8-10,13-20H,2-4,7,11-12,21H2,1H3. The molecule has 0 saturated heterocycles. The van der Waals surface area contributed by atoms with Crippen molar-refractivity contribution in [2.45, 2.75) is 45.4 Å². The van der Waals surface area contributed by atoms with Crippen molar-refractivity contribution in [3.8, 4) is 17.1 Å². The second-order valence-electron chi connectivity index (χ2n) is 7.86. The Morgan fingerprint density at radius 1 is 0.844 bits per heavy atom. The zero-order valence-corrected chi connectivity index (χ0v) is 18.6. The van der Waals surface area contributed by atoms with Crippen LogP contribution in [0.15, 0.2) is 78.6 Å². The molecule has 0 spiro atoms. The Balaban J connectivity index is 1.60. The van der Waals surface area contributed by atoms with Crippen LogP contribution in [0, 0.1) is 0 Å². The van der Waals surface area contributed by atoms with Crippen LogP contribution in [0.1, 0.15) is 57.1 Å². The van der Waals surface area contributed by atoms with E-state index in [0.29, 0.717) is 17.5 Å². The first kappa shape index (κ1) is 21.7. The van der Waals surface area contributed by atoms with Gasteiger partial charge in [-0.05, 0) is 61.8 Å². The molecule has 0 unspecified atom stereocenters. The smallest absolute Gasteiger partial charge is 0.164 e. The summed E-state index contributed by atoms with van der Waals surface area (Å²) in [5, 5.41) is 0. The van der Waals surface area contributed by atoms with Crippen molar-refractivity contribution in [1.82, 2.24) is 15.0 Å². The summed E-state index contributed by atoms with van der Waals surface area (Å²) in [5.41, 5.74) is 6.00. The highest BCUT2D eigenvalue weighted by atomic mass is 16.5. The number of hydrogen-bond acceptors (Lipinski definition) is 4. The monoisotopic (exact) mass is 423 g/mol. The van der Waals surface area contributed by atoms with Crippen LogP contribution in [-0.2, 0) is 0 Å². The second-order valence-corrected chi connectivity index (χ2v) is 7.86. The molecule has 0 aliphatic heterocycles. The third-order valence-electron chi connectivity index (χ3n) is 5.35. The maximum Gasteiger partial charge on any atom is 0.164 e. The number of allylic oxidation sites excluding steroid dienone is 9. The maximum absolute atomic E-state index is 5.89. The third kappa shape index (κ3) is 5.81. The van der Waals surface area contributed by atoms with Crippen molar-refractivity contribution < 1.29 is 4.74 Å². The number of ether oxygens (including phenoxy) is 1. The van der Waals surface area contributed by atoms with E-state index in [9.17, 15) is 0 Å². The van der Waals surface area contributed by atoms with Gasteiger partial charge in [0.1, 0.15) is 5.75 Å². The fourth-order valence-electron chi connectivity index (χ4n) is 3.57. The summed E-state index contributed by atoms with van der Waals surface area (Å²) in [5.74, 6) is 2.90. The molecule has 4 nitrogen and oxygen atoms in total. The van der Waals surface area contributed by atoms with Gasteiger partial charge in [-0.1, -0.05) is 56.6 Å². The van der Waals surface area contributed by atoms with E-state index < -0.39 is 0 Å². The highest BCUT2D eigenvalue weighted by Crippen LogP contribution is 2.25. The Morgan fingerprint density at radius 2 is 1.66 bits per heavy atom. The molecule has 0 saturated carbocycles. The molecule has 0 radical (unpaired) electrons. The largest absolute Gasteiger partial charge is 0.494 e. The van der Waals surface area contributed by atoms with Crippen LogP contribution in [0.4, 0.5) is 0 Å². The van der Waals surface area contributed by atoms with Gasteiger partial charge in [0, 0.05) is 16.7 Å². The van der Waals surface area contributed by atoms with Crippen LogP contribution in [0.5, 0.6) is 5.75 Å². The lowest BCUT2D eigenvalue weighted by Crippen LogP contribution is -2.05. The molecule has 1 aromatic carbocycles. The van der Waals surface area contributed by atoms with Crippen molar-refractivity contribution in [3.63, 3.8) is 0 Å². The fourth-order valence-corrected chi connectivity index (χ4v) is 3.57. The molecule has 32 heavy (non-hydrogen) atoms. The van der Waals surface area contributed by atoms with E-state index in [0.717, 1.165) is 48.3 Å². The molecular weight excluding hydrogens is 394 g/mol. The predicted octanol–water partition coefficient (Wildman–Crippen LogP) is 6.90. The molecule has 0 amide bonds. The number of rotatable bonds is 9. The van der Waals surface area contributed by atoms with Gasteiger partial charge in [-0.2, -0.15) is 0 Å². The maximum atomic E-state index is 5.89. The van der Waals surface area contributed by atoms with E-state index >= 15 is 0 Å². The Labute approximate surface area is 190 Å². The first-order valence-corrected chi connectivity index (χ1v) is 11.5. The summed E-state index contributed by atoms with van der Waals surface area (Å²) in [4.78, 5) is 14.4. The van der Waals surface area contributed by atoms with Crippen molar-refractivity contribution in [2.24, 2.45) is 0 Å². The molecule has 162 valence electrons. The molecule has 2 aliphatic rings. The Bertz CT molecular complexity index is 1110. The van der Waals surface area contributed by atoms with Crippen LogP contribution in [-0.4, -0.2) is 21.6 Å². The van der Waals surface area contributed by atoms with Crippen LogP contribution < -0.4 is 4.74 Å². The average molecular weight is 424 g/mol. The Morgan fingerprint density at radius 3 is 2.44 bits per heavy atom. The average Bonchev–Trinajstić information content (AvgIpc) is 3.14. The topological polar surface area (TPSA) is 47.9 Å². The zero-order chi connectivity index (χ0) is 22.0. The molecular formula is C28H29N3O. The van der Waals surface area contributed by atoms with E-state index in [2.05, 4.69) is 30.9 Å². The second kappa shape index (κ2) is 11.2. The predicted molar refractivity (Wildman–Crippen MR) is 131 cm³/mol. The normalized spacial score (nSPS) is 14.8. The molecule has 2 aromatic rings. The highest BCUT2D eigenvalue weighted by molar-refractivity contribution is 5.76. The SMILES string of the molecule is CCCCCCOc1ccc(-c2nc(C3=CC=C=CC=C3)nc(C3=CCCC=C3)n2)cc1. The summed E-state index contributed by atoms with van der Waals surface area (Å²) in [7, 11) is 0. The van der Waals surface area contributed by atoms with Gasteiger partial charge in [-0.3, -0.25) is 0 Å². The minimum atomic E-state index is 0.658. The molecule has 0 atom stereocenters. The van der Waals surface area contributed by atoms with Crippen LogP contribution in [0.2, 0.25) is 0 Å². The van der Waals surface area contributed by atoms with Gasteiger partial charge in [-0.25, -0.2) is 15.0 Å². The van der Waals surface area contributed by atoms with Gasteiger partial charge in [-0.15, -0.1) is 5.73 Å². The van der Waals surface area contributed by atoms with Crippen molar-refractivity contribution in [2.75, 3.05) is 6.61 Å². The summed E-state index contributed by atoms with van der Waals surface area (Å²) >= 11 is 0. The Hall–Kier alpha value is -3.49. The molecule has 4 rings (SSSR count). The lowest BCUT2D eigenvalue weighted by atomic mass is 10.1. The molecule has 0 N–H and O–H groups in total. The number of unbranched alkanes of at least 4 members (excludes halogenated alkanes) is 3. The van der Waals surface area contributed by atoms with Gasteiger partial charge < -0.3 is 4.74 Å². The van der Waals surface area contributed by atoms with Crippen LogP contribution >= 0.6 is 0 Å². The van der Waals surface area contributed by atoms with Crippen LogP contribution in [0.3, 0.4) is 0 Å². The van der Waals surface area contributed by atoms with E-state index in [1.807, 2.05) is 54.6 Å². The molecule has 0 bridgehead atoms. The number of hydrogen-bond donors (Lipinski definition) is 0. The minimum absolute atomic E-state index is 0.658. The Kier molecular flexibility index (Phi) is 7.62. The lowest BCUT2D eigenvalue weighted by molar-refractivity contribution is 0.305. The van der Waals surface area contributed by atoms with Gasteiger partial charge in [0.15, 0.2) is 17.5 Å². The van der Waals surface area contributed by atoms with Crippen LogP contribution in [0.25, 0.3) is 22.5 Å². The van der Waals surface area contributed by atoms with Crippen molar-refractivity contribution >= 4 is 11.1 Å². The summed E-state index contributed by atoms with van der Waals surface area (Å²) in [6.07, 6.45) is 23.0. The number of benzene rings is 1. The lowest BCUT2D eigenvalue weighted by Gasteiger charge is -2.11. The first-order chi connectivity index (χ1) is 15.8. The van der Waals surface area contributed by atoms with Gasteiger partial charge in [0.2, 0.25) is 0 Å². The molecule has 1 aromatic heterocycles. The summed E-state index contributed by atoms with van der Waals surface area (Å²) in [6.45, 7) is 2.97. The number of aromatic nitrogens is 3. The number of nitrogens with zero attached hydrogens (tertiary/aromatic N) is 3. The first-order valence-electron chi connectivity index (χ1n) is 11.5. The quantitative estimate of drug-likeness (QED) is 0.325. The van der Waals surface area contributed by atoms with Crippen molar-refractivity contribution in [1.29, 1.82) is 0 Å². The summed E-state index contributed by atoms with van der Waals surface area (Å²) < 4.78 is 5.89. The fraction of sp³-hybridized carbons (Fsp3) is 0.286. The van der Waals surface area contributed by atoms with E-state index in [-0.39, 0.29) is 0 Å². The molecule has 2 aliphatic carbocycles. The van der Waals surface area contributed by atoms with Gasteiger partial charge in [0.25, 0.3) is 0 Å². The summed E-state index contributed by atoms with van der Waals surface area (Å²) in [6, 6.07) is 8.04.